The topological polar surface area (TPSA) is 87.7 Å². The van der Waals surface area contributed by atoms with Crippen LogP contribution in [0.25, 0.3) is 0 Å². The Bertz CT molecular complexity index is 1020. The van der Waals surface area contributed by atoms with Crippen LogP contribution in [0, 0.1) is 12.7 Å². The van der Waals surface area contributed by atoms with Gasteiger partial charge in [0.2, 0.25) is 5.91 Å². The predicted molar refractivity (Wildman–Crippen MR) is 118 cm³/mol. The van der Waals surface area contributed by atoms with Crippen molar-refractivity contribution in [2.24, 2.45) is 0 Å². The van der Waals surface area contributed by atoms with E-state index in [1.165, 1.54) is 12.4 Å². The SMILES string of the molecule is Cc1ccc(Nc2ncnc3c2CCC(=O)N3C2CCN(C(=O)OC(C)C)CC2)c(F)c1. The summed E-state index contributed by atoms with van der Waals surface area (Å²) in [6.07, 6.45) is 3.00. The average Bonchev–Trinajstić information content (AvgIpc) is 2.75. The summed E-state index contributed by atoms with van der Waals surface area (Å²) in [5.41, 5.74) is 1.96. The van der Waals surface area contributed by atoms with Crippen LogP contribution in [0.5, 0.6) is 0 Å². The molecule has 0 unspecified atom stereocenters. The summed E-state index contributed by atoms with van der Waals surface area (Å²) in [7, 11) is 0. The number of halogens is 1. The zero-order valence-electron chi connectivity index (χ0n) is 18.6. The van der Waals surface area contributed by atoms with E-state index in [0.717, 1.165) is 11.1 Å². The fraction of sp³-hybridized carbons (Fsp3) is 0.478. The number of amides is 2. The van der Waals surface area contributed by atoms with Crippen LogP contribution >= 0.6 is 0 Å². The van der Waals surface area contributed by atoms with Crippen molar-refractivity contribution < 1.29 is 18.7 Å². The van der Waals surface area contributed by atoms with Crippen LogP contribution < -0.4 is 10.2 Å². The summed E-state index contributed by atoms with van der Waals surface area (Å²) in [6, 6.07) is 4.90. The molecule has 1 fully saturated rings. The zero-order valence-corrected chi connectivity index (χ0v) is 18.6. The average molecular weight is 442 g/mol. The molecule has 3 heterocycles. The van der Waals surface area contributed by atoms with E-state index in [2.05, 4.69) is 15.3 Å². The van der Waals surface area contributed by atoms with Crippen LogP contribution in [0.4, 0.5) is 26.5 Å². The van der Waals surface area contributed by atoms with Gasteiger partial charge in [0.1, 0.15) is 23.8 Å². The molecular weight excluding hydrogens is 413 g/mol. The quantitative estimate of drug-likeness (QED) is 0.773. The number of piperidine rings is 1. The minimum absolute atomic E-state index is 0.00636. The van der Waals surface area contributed by atoms with E-state index in [1.54, 1.807) is 15.9 Å². The minimum Gasteiger partial charge on any atom is -0.447 e. The van der Waals surface area contributed by atoms with Crippen molar-refractivity contribution in [1.29, 1.82) is 0 Å². The molecule has 2 aliphatic heterocycles. The molecule has 0 aliphatic carbocycles. The molecule has 0 bridgehead atoms. The van der Waals surface area contributed by atoms with Crippen molar-refractivity contribution in [3.8, 4) is 0 Å². The first-order chi connectivity index (χ1) is 15.3. The summed E-state index contributed by atoms with van der Waals surface area (Å²) < 4.78 is 19.6. The summed E-state index contributed by atoms with van der Waals surface area (Å²) >= 11 is 0. The summed E-state index contributed by atoms with van der Waals surface area (Å²) in [5, 5.41) is 3.07. The van der Waals surface area contributed by atoms with E-state index in [4.69, 9.17) is 4.74 Å². The number of hydrogen-bond acceptors (Lipinski definition) is 6. The third-order valence-electron chi connectivity index (χ3n) is 5.81. The van der Waals surface area contributed by atoms with Crippen LogP contribution in [0.2, 0.25) is 0 Å². The number of aromatic nitrogens is 2. The van der Waals surface area contributed by atoms with Gasteiger partial charge in [-0.15, -0.1) is 0 Å². The van der Waals surface area contributed by atoms with Crippen molar-refractivity contribution in [2.75, 3.05) is 23.3 Å². The molecule has 2 aliphatic rings. The highest BCUT2D eigenvalue weighted by Crippen LogP contribution is 2.35. The zero-order chi connectivity index (χ0) is 22.8. The fourth-order valence-corrected chi connectivity index (χ4v) is 4.23. The molecule has 8 nitrogen and oxygen atoms in total. The number of nitrogens with zero attached hydrogens (tertiary/aromatic N) is 4. The van der Waals surface area contributed by atoms with Gasteiger partial charge in [-0.05, 0) is 57.7 Å². The number of carbonyl (C=O) groups is 2. The lowest BCUT2D eigenvalue weighted by Gasteiger charge is -2.40. The summed E-state index contributed by atoms with van der Waals surface area (Å²) in [6.45, 7) is 6.50. The highest BCUT2D eigenvalue weighted by molar-refractivity contribution is 5.97. The standard InChI is InChI=1S/C23H28FN5O3/c1-14(2)32-23(31)28-10-8-16(9-11-28)29-20(30)7-5-17-21(25-13-26-22(17)29)27-19-6-4-15(3)12-18(19)24/h4,6,12-14,16H,5,7-11H2,1-3H3,(H,25,26,27). The Balaban J connectivity index is 1.54. The summed E-state index contributed by atoms with van der Waals surface area (Å²) in [4.78, 5) is 37.2. The van der Waals surface area contributed by atoms with Crippen molar-refractivity contribution in [1.82, 2.24) is 14.9 Å². The molecule has 1 saturated heterocycles. The number of benzene rings is 1. The number of likely N-dealkylation sites (tertiary alicyclic amines) is 1. The van der Waals surface area contributed by atoms with Crippen molar-refractivity contribution in [3.63, 3.8) is 0 Å². The first kappa shape index (κ1) is 22.0. The number of ether oxygens (including phenoxy) is 1. The largest absolute Gasteiger partial charge is 0.447 e. The molecule has 0 saturated carbocycles. The van der Waals surface area contributed by atoms with Crippen LogP contribution in [0.3, 0.4) is 0 Å². The van der Waals surface area contributed by atoms with Gasteiger partial charge in [-0.25, -0.2) is 19.2 Å². The van der Waals surface area contributed by atoms with Crippen molar-refractivity contribution in [3.05, 3.63) is 41.5 Å². The second-order valence-electron chi connectivity index (χ2n) is 8.55. The van der Waals surface area contributed by atoms with Gasteiger partial charge < -0.3 is 15.0 Å². The lowest BCUT2D eigenvalue weighted by molar-refractivity contribution is -0.119. The van der Waals surface area contributed by atoms with E-state index in [1.807, 2.05) is 26.8 Å². The maximum absolute atomic E-state index is 14.4. The van der Waals surface area contributed by atoms with Crippen LogP contribution in [0.15, 0.2) is 24.5 Å². The van der Waals surface area contributed by atoms with E-state index in [-0.39, 0.29) is 30.0 Å². The molecular formula is C23H28FN5O3. The second-order valence-corrected chi connectivity index (χ2v) is 8.55. The van der Waals surface area contributed by atoms with E-state index in [9.17, 15) is 14.0 Å². The minimum atomic E-state index is -0.359. The molecule has 0 spiro atoms. The lowest BCUT2D eigenvalue weighted by Crippen LogP contribution is -2.51. The normalized spacial score (nSPS) is 16.8. The number of anilines is 3. The molecule has 1 aromatic heterocycles. The molecule has 1 aromatic carbocycles. The van der Waals surface area contributed by atoms with Gasteiger partial charge in [-0.2, -0.15) is 0 Å². The number of nitrogens with one attached hydrogen (secondary N) is 1. The third kappa shape index (κ3) is 4.51. The predicted octanol–water partition coefficient (Wildman–Crippen LogP) is 3.96. The lowest BCUT2D eigenvalue weighted by atomic mass is 9.98. The molecule has 1 N–H and O–H groups in total. The number of fused-ring (bicyclic) bond motifs is 1. The van der Waals surface area contributed by atoms with Gasteiger partial charge in [0.05, 0.1) is 11.8 Å². The molecule has 9 heteroatoms. The van der Waals surface area contributed by atoms with E-state index in [0.29, 0.717) is 56.1 Å². The number of rotatable bonds is 4. The molecule has 0 radical (unpaired) electrons. The molecule has 2 amide bonds. The fourth-order valence-electron chi connectivity index (χ4n) is 4.23. The van der Waals surface area contributed by atoms with Gasteiger partial charge in [0.25, 0.3) is 0 Å². The Morgan fingerprint density at radius 2 is 1.97 bits per heavy atom. The van der Waals surface area contributed by atoms with Crippen LogP contribution in [-0.2, 0) is 16.0 Å². The smallest absolute Gasteiger partial charge is 0.410 e. The first-order valence-corrected chi connectivity index (χ1v) is 11.0. The Labute approximate surface area is 186 Å². The van der Waals surface area contributed by atoms with Gasteiger partial charge in [-0.3, -0.25) is 9.69 Å². The number of carbonyl (C=O) groups excluding carboxylic acids is 2. The maximum Gasteiger partial charge on any atom is 0.410 e. The molecule has 2 aromatic rings. The number of aryl methyl sites for hydroxylation is 1. The highest BCUT2D eigenvalue weighted by atomic mass is 19.1. The first-order valence-electron chi connectivity index (χ1n) is 11.0. The number of hydrogen-bond donors (Lipinski definition) is 1. The Hall–Kier alpha value is -3.23. The summed E-state index contributed by atoms with van der Waals surface area (Å²) in [5.74, 6) is 0.719. The third-order valence-corrected chi connectivity index (χ3v) is 5.81. The van der Waals surface area contributed by atoms with Crippen LogP contribution in [-0.4, -0.2) is 52.1 Å². The van der Waals surface area contributed by atoms with Gasteiger partial charge in [0.15, 0.2) is 0 Å². The molecule has 32 heavy (non-hydrogen) atoms. The van der Waals surface area contributed by atoms with Crippen molar-refractivity contribution >= 4 is 29.3 Å². The van der Waals surface area contributed by atoms with Crippen molar-refractivity contribution in [2.45, 2.75) is 58.6 Å². The maximum atomic E-state index is 14.4. The highest BCUT2D eigenvalue weighted by Gasteiger charge is 2.36. The molecule has 4 rings (SSSR count). The Morgan fingerprint density at radius 1 is 1.22 bits per heavy atom. The van der Waals surface area contributed by atoms with Gasteiger partial charge in [0, 0.05) is 31.1 Å². The molecule has 170 valence electrons. The molecule has 0 atom stereocenters. The monoisotopic (exact) mass is 441 g/mol. The Kier molecular flexibility index (Phi) is 6.25. The van der Waals surface area contributed by atoms with Gasteiger partial charge >= 0.3 is 6.09 Å². The van der Waals surface area contributed by atoms with E-state index < -0.39 is 0 Å². The van der Waals surface area contributed by atoms with E-state index >= 15 is 0 Å². The Morgan fingerprint density at radius 3 is 2.66 bits per heavy atom. The second kappa shape index (κ2) is 9.10. The van der Waals surface area contributed by atoms with Crippen LogP contribution in [0.1, 0.15) is 44.2 Å². The van der Waals surface area contributed by atoms with Gasteiger partial charge in [-0.1, -0.05) is 6.07 Å².